The fourth-order valence-electron chi connectivity index (χ4n) is 2.51. The first kappa shape index (κ1) is 10.6. The molecular formula is C15H15OSi. The molecule has 17 heavy (non-hydrogen) atoms. The van der Waals surface area contributed by atoms with Crippen LogP contribution in [0.25, 0.3) is 11.1 Å². The molecule has 0 heterocycles. The maximum Gasteiger partial charge on any atom is 0.115 e. The van der Waals surface area contributed by atoms with Crippen LogP contribution in [0.15, 0.2) is 36.4 Å². The molecule has 0 amide bonds. The second kappa shape index (κ2) is 3.74. The van der Waals surface area contributed by atoms with Crippen LogP contribution in [0, 0.1) is 0 Å². The van der Waals surface area contributed by atoms with Gasteiger partial charge in [-0.15, -0.1) is 0 Å². The number of benzene rings is 2. The molecule has 0 saturated heterocycles. The van der Waals surface area contributed by atoms with Gasteiger partial charge in [0.2, 0.25) is 0 Å². The zero-order valence-electron chi connectivity index (χ0n) is 10.1. The van der Waals surface area contributed by atoms with Gasteiger partial charge in [-0.25, -0.2) is 0 Å². The van der Waals surface area contributed by atoms with Crippen molar-refractivity contribution >= 4 is 14.0 Å². The summed E-state index contributed by atoms with van der Waals surface area (Å²) < 4.78 is 0. The first-order valence-corrected chi connectivity index (χ1v) is 8.41. The number of hydrogen-bond donors (Lipinski definition) is 1. The predicted octanol–water partition coefficient (Wildman–Crippen LogP) is 2.92. The Morgan fingerprint density at radius 2 is 1.59 bits per heavy atom. The summed E-state index contributed by atoms with van der Waals surface area (Å²) in [5, 5.41) is 11.0. The van der Waals surface area contributed by atoms with Crippen molar-refractivity contribution in [3.05, 3.63) is 47.5 Å². The topological polar surface area (TPSA) is 20.2 Å². The van der Waals surface area contributed by atoms with Crippen LogP contribution < -0.4 is 5.19 Å². The Labute approximate surface area is 103 Å². The maximum atomic E-state index is 9.52. The Balaban J connectivity index is 2.12. The number of aromatic hydroxyl groups is 1. The molecule has 3 rings (SSSR count). The van der Waals surface area contributed by atoms with Crippen LogP contribution in [0.1, 0.15) is 11.1 Å². The van der Waals surface area contributed by atoms with Gasteiger partial charge in [0, 0.05) is 0 Å². The molecule has 0 spiro atoms. The third kappa shape index (κ3) is 1.69. The van der Waals surface area contributed by atoms with E-state index in [1.807, 2.05) is 12.1 Å². The van der Waals surface area contributed by atoms with Gasteiger partial charge in [0.25, 0.3) is 0 Å². The molecule has 0 aliphatic heterocycles. The first-order valence-electron chi connectivity index (χ1n) is 5.91. The molecule has 2 aromatic rings. The van der Waals surface area contributed by atoms with Gasteiger partial charge in [-0.1, -0.05) is 42.5 Å². The van der Waals surface area contributed by atoms with Crippen molar-refractivity contribution in [2.24, 2.45) is 0 Å². The van der Waals surface area contributed by atoms with Gasteiger partial charge in [0.1, 0.15) is 5.75 Å². The SMILES string of the molecule is C[Si](C)c1ccc2c(c1)Cc1cc(O)ccc1-2. The summed E-state index contributed by atoms with van der Waals surface area (Å²) >= 11 is 0. The normalized spacial score (nSPS) is 12.6. The first-order chi connectivity index (χ1) is 8.15. The average Bonchev–Trinajstić information content (AvgIpc) is 2.64. The summed E-state index contributed by atoms with van der Waals surface area (Å²) in [6.07, 6.45) is 0.960. The highest BCUT2D eigenvalue weighted by Gasteiger charge is 2.19. The van der Waals surface area contributed by atoms with E-state index in [4.69, 9.17) is 0 Å². The highest BCUT2D eigenvalue weighted by atomic mass is 28.3. The summed E-state index contributed by atoms with van der Waals surface area (Å²) in [5.41, 5.74) is 5.28. The van der Waals surface area contributed by atoms with Crippen molar-refractivity contribution < 1.29 is 5.11 Å². The molecule has 1 N–H and O–H groups in total. The van der Waals surface area contributed by atoms with E-state index in [9.17, 15) is 5.11 Å². The lowest BCUT2D eigenvalue weighted by atomic mass is 10.1. The van der Waals surface area contributed by atoms with Crippen LogP contribution in [0.4, 0.5) is 0 Å². The number of phenols is 1. The molecule has 0 unspecified atom stereocenters. The zero-order chi connectivity index (χ0) is 12.0. The summed E-state index contributed by atoms with van der Waals surface area (Å²) in [5.74, 6) is 0.368. The summed E-state index contributed by atoms with van der Waals surface area (Å²) in [6, 6.07) is 12.5. The van der Waals surface area contributed by atoms with Gasteiger partial charge in [-0.2, -0.15) is 0 Å². The van der Waals surface area contributed by atoms with Gasteiger partial charge in [0.05, 0.1) is 8.80 Å². The summed E-state index contributed by atoms with van der Waals surface area (Å²) in [6.45, 7) is 4.64. The monoisotopic (exact) mass is 239 g/mol. The van der Waals surface area contributed by atoms with E-state index < -0.39 is 0 Å². The van der Waals surface area contributed by atoms with E-state index in [1.54, 1.807) is 6.07 Å². The number of phenolic OH excluding ortho intramolecular Hbond substituents is 1. The smallest absolute Gasteiger partial charge is 0.115 e. The van der Waals surface area contributed by atoms with Crippen LogP contribution in [-0.4, -0.2) is 13.9 Å². The molecule has 0 bridgehead atoms. The number of hydrogen-bond acceptors (Lipinski definition) is 1. The maximum absolute atomic E-state index is 9.52. The third-order valence-corrected chi connectivity index (χ3v) is 4.91. The minimum Gasteiger partial charge on any atom is -0.508 e. The fourth-order valence-corrected chi connectivity index (χ4v) is 3.39. The van der Waals surface area contributed by atoms with E-state index in [0.29, 0.717) is 5.75 Å². The predicted molar refractivity (Wildman–Crippen MR) is 73.5 cm³/mol. The van der Waals surface area contributed by atoms with Crippen LogP contribution >= 0.6 is 0 Å². The van der Waals surface area contributed by atoms with Gasteiger partial charge < -0.3 is 5.11 Å². The Morgan fingerprint density at radius 1 is 0.941 bits per heavy atom. The van der Waals surface area contributed by atoms with Crippen molar-refractivity contribution in [1.29, 1.82) is 0 Å². The highest BCUT2D eigenvalue weighted by molar-refractivity contribution is 6.70. The zero-order valence-corrected chi connectivity index (χ0v) is 11.1. The minimum atomic E-state index is -0.377. The standard InChI is InChI=1S/C15H15OSi/c1-17(2)13-4-6-15-11(9-13)7-10-8-12(16)3-5-14(10)15/h3-6,8-9,16H,7H2,1-2H3. The summed E-state index contributed by atoms with van der Waals surface area (Å²) in [4.78, 5) is 0. The van der Waals surface area contributed by atoms with E-state index in [2.05, 4.69) is 31.3 Å². The average molecular weight is 239 g/mol. The van der Waals surface area contributed by atoms with Crippen molar-refractivity contribution in [3.8, 4) is 16.9 Å². The molecule has 2 heteroatoms. The van der Waals surface area contributed by atoms with E-state index in [-0.39, 0.29) is 8.80 Å². The number of rotatable bonds is 1. The second-order valence-corrected chi connectivity index (χ2v) is 7.47. The van der Waals surface area contributed by atoms with Crippen molar-refractivity contribution in [2.75, 3.05) is 0 Å². The molecule has 1 radical (unpaired) electrons. The number of fused-ring (bicyclic) bond motifs is 3. The molecule has 1 aliphatic rings. The Kier molecular flexibility index (Phi) is 2.33. The summed E-state index contributed by atoms with van der Waals surface area (Å²) in [7, 11) is -0.377. The molecule has 1 aliphatic carbocycles. The van der Waals surface area contributed by atoms with Crippen LogP contribution in [-0.2, 0) is 6.42 Å². The molecule has 1 nitrogen and oxygen atoms in total. The van der Waals surface area contributed by atoms with E-state index in [1.165, 1.54) is 27.4 Å². The van der Waals surface area contributed by atoms with Gasteiger partial charge in [-0.05, 0) is 40.8 Å². The minimum absolute atomic E-state index is 0.368. The molecule has 0 aromatic heterocycles. The molecule has 0 fully saturated rings. The van der Waals surface area contributed by atoms with Crippen molar-refractivity contribution in [1.82, 2.24) is 0 Å². The van der Waals surface area contributed by atoms with E-state index in [0.717, 1.165) is 6.42 Å². The second-order valence-electron chi connectivity index (χ2n) is 4.89. The molecule has 0 saturated carbocycles. The van der Waals surface area contributed by atoms with Gasteiger partial charge >= 0.3 is 0 Å². The van der Waals surface area contributed by atoms with Gasteiger partial charge in [-0.3, -0.25) is 0 Å². The van der Waals surface area contributed by atoms with Crippen LogP contribution in [0.5, 0.6) is 5.75 Å². The van der Waals surface area contributed by atoms with Crippen LogP contribution in [0.3, 0.4) is 0 Å². The Bertz CT molecular complexity index is 587. The molecule has 85 valence electrons. The Morgan fingerprint density at radius 3 is 2.29 bits per heavy atom. The lowest BCUT2D eigenvalue weighted by Gasteiger charge is -2.06. The van der Waals surface area contributed by atoms with E-state index >= 15 is 0 Å². The third-order valence-electron chi connectivity index (χ3n) is 3.44. The van der Waals surface area contributed by atoms with Crippen molar-refractivity contribution in [2.45, 2.75) is 19.5 Å². The van der Waals surface area contributed by atoms with Crippen LogP contribution in [0.2, 0.25) is 13.1 Å². The van der Waals surface area contributed by atoms with Gasteiger partial charge in [0.15, 0.2) is 0 Å². The quantitative estimate of drug-likeness (QED) is 0.647. The largest absolute Gasteiger partial charge is 0.508 e. The fraction of sp³-hybridized carbons (Fsp3) is 0.200. The van der Waals surface area contributed by atoms with Crippen molar-refractivity contribution in [3.63, 3.8) is 0 Å². The lowest BCUT2D eigenvalue weighted by Crippen LogP contribution is -2.22. The molecular weight excluding hydrogens is 224 g/mol. The molecule has 0 atom stereocenters. The molecule has 2 aromatic carbocycles. The highest BCUT2D eigenvalue weighted by Crippen LogP contribution is 2.37. The lowest BCUT2D eigenvalue weighted by molar-refractivity contribution is 0.475. The Hall–Kier alpha value is -1.54.